The fourth-order valence-electron chi connectivity index (χ4n) is 3.64. The number of likely N-dealkylation sites (tertiary alicyclic amines) is 1. The second-order valence-electron chi connectivity index (χ2n) is 6.29. The summed E-state index contributed by atoms with van der Waals surface area (Å²) in [7, 11) is 0. The quantitative estimate of drug-likeness (QED) is 0.899. The zero-order valence-corrected chi connectivity index (χ0v) is 12.0. The standard InChI is InChI=1S/C17H24N2O/c18-16-10-11-19(12-16)17(20)15-8-6-14(7-9-15)13-4-2-1-3-5-13/h1-5,14-16H,6-12,18H2/t14?,15?,16-/m1/s1. The van der Waals surface area contributed by atoms with Gasteiger partial charge < -0.3 is 10.6 Å². The van der Waals surface area contributed by atoms with E-state index in [1.54, 1.807) is 0 Å². The van der Waals surface area contributed by atoms with E-state index in [-0.39, 0.29) is 12.0 Å². The third-order valence-electron chi connectivity index (χ3n) is 4.88. The van der Waals surface area contributed by atoms with Gasteiger partial charge in [0.25, 0.3) is 0 Å². The minimum absolute atomic E-state index is 0.194. The molecule has 20 heavy (non-hydrogen) atoms. The molecule has 1 aliphatic carbocycles. The summed E-state index contributed by atoms with van der Waals surface area (Å²) in [5.41, 5.74) is 7.33. The smallest absolute Gasteiger partial charge is 0.225 e. The molecule has 1 aliphatic heterocycles. The molecule has 3 heteroatoms. The lowest BCUT2D eigenvalue weighted by Gasteiger charge is -2.30. The highest BCUT2D eigenvalue weighted by atomic mass is 16.2. The fourth-order valence-corrected chi connectivity index (χ4v) is 3.64. The number of carbonyl (C=O) groups excluding carboxylic acids is 1. The van der Waals surface area contributed by atoms with Gasteiger partial charge in [-0.1, -0.05) is 30.3 Å². The fraction of sp³-hybridized carbons (Fsp3) is 0.588. The van der Waals surface area contributed by atoms with Crippen molar-refractivity contribution in [1.29, 1.82) is 0 Å². The Bertz CT molecular complexity index is 451. The molecule has 1 saturated heterocycles. The summed E-state index contributed by atoms with van der Waals surface area (Å²) in [4.78, 5) is 14.4. The van der Waals surface area contributed by atoms with Gasteiger partial charge in [-0.05, 0) is 43.6 Å². The maximum Gasteiger partial charge on any atom is 0.225 e. The highest BCUT2D eigenvalue weighted by Gasteiger charge is 2.32. The maximum atomic E-state index is 12.5. The van der Waals surface area contributed by atoms with Crippen molar-refractivity contribution in [3.05, 3.63) is 35.9 Å². The second kappa shape index (κ2) is 5.96. The third kappa shape index (κ3) is 2.88. The van der Waals surface area contributed by atoms with Crippen LogP contribution in [0, 0.1) is 5.92 Å². The number of benzene rings is 1. The van der Waals surface area contributed by atoms with Crippen molar-refractivity contribution >= 4 is 5.91 Å². The van der Waals surface area contributed by atoms with Crippen molar-refractivity contribution in [2.45, 2.75) is 44.1 Å². The monoisotopic (exact) mass is 272 g/mol. The summed E-state index contributed by atoms with van der Waals surface area (Å²) in [5, 5.41) is 0. The van der Waals surface area contributed by atoms with Crippen LogP contribution in [0.3, 0.4) is 0 Å². The topological polar surface area (TPSA) is 46.3 Å². The highest BCUT2D eigenvalue weighted by Crippen LogP contribution is 2.36. The summed E-state index contributed by atoms with van der Waals surface area (Å²) in [6.07, 6.45) is 5.31. The lowest BCUT2D eigenvalue weighted by molar-refractivity contribution is -0.135. The molecule has 1 aromatic carbocycles. The molecule has 3 rings (SSSR count). The molecule has 2 N–H and O–H groups in total. The Kier molecular flexibility index (Phi) is 4.06. The van der Waals surface area contributed by atoms with Crippen molar-refractivity contribution in [1.82, 2.24) is 4.90 Å². The number of amides is 1. The number of rotatable bonds is 2. The van der Waals surface area contributed by atoms with Crippen molar-refractivity contribution in [2.75, 3.05) is 13.1 Å². The normalized spacial score (nSPS) is 30.4. The Labute approximate surface area is 121 Å². The van der Waals surface area contributed by atoms with E-state index in [4.69, 9.17) is 5.73 Å². The lowest BCUT2D eigenvalue weighted by atomic mass is 9.78. The number of nitrogens with zero attached hydrogens (tertiary/aromatic N) is 1. The zero-order valence-electron chi connectivity index (χ0n) is 12.0. The van der Waals surface area contributed by atoms with Crippen molar-refractivity contribution in [3.8, 4) is 0 Å². The van der Waals surface area contributed by atoms with Crippen molar-refractivity contribution in [3.63, 3.8) is 0 Å². The van der Waals surface area contributed by atoms with Crippen LogP contribution in [0.4, 0.5) is 0 Å². The predicted octanol–water partition coefficient (Wildman–Crippen LogP) is 2.52. The van der Waals surface area contributed by atoms with E-state index < -0.39 is 0 Å². The van der Waals surface area contributed by atoms with Crippen LogP contribution >= 0.6 is 0 Å². The Morgan fingerprint density at radius 1 is 1.05 bits per heavy atom. The average Bonchev–Trinajstić information content (AvgIpc) is 2.94. The lowest BCUT2D eigenvalue weighted by Crippen LogP contribution is -2.37. The summed E-state index contributed by atoms with van der Waals surface area (Å²) in [6, 6.07) is 10.9. The molecule has 1 amide bonds. The van der Waals surface area contributed by atoms with Crippen LogP contribution < -0.4 is 5.73 Å². The summed E-state index contributed by atoms with van der Waals surface area (Å²) in [6.45, 7) is 1.62. The van der Waals surface area contributed by atoms with Crippen molar-refractivity contribution in [2.24, 2.45) is 11.7 Å². The van der Waals surface area contributed by atoms with Gasteiger partial charge >= 0.3 is 0 Å². The molecule has 1 heterocycles. The van der Waals surface area contributed by atoms with Crippen LogP contribution in [-0.2, 0) is 4.79 Å². The molecule has 0 bridgehead atoms. The molecule has 2 aliphatic rings. The van der Waals surface area contributed by atoms with Gasteiger partial charge in [-0.15, -0.1) is 0 Å². The van der Waals surface area contributed by atoms with Gasteiger partial charge in [-0.25, -0.2) is 0 Å². The van der Waals surface area contributed by atoms with Gasteiger partial charge in [0.05, 0.1) is 0 Å². The number of hydrogen-bond acceptors (Lipinski definition) is 2. The van der Waals surface area contributed by atoms with Crippen molar-refractivity contribution < 1.29 is 4.79 Å². The molecule has 1 atom stereocenters. The molecule has 0 spiro atoms. The summed E-state index contributed by atoms with van der Waals surface area (Å²) in [5.74, 6) is 1.23. The number of carbonyl (C=O) groups is 1. The molecule has 1 saturated carbocycles. The minimum atomic E-state index is 0.194. The SMILES string of the molecule is N[C@@H]1CCN(C(=O)C2CCC(c3ccccc3)CC2)C1. The first-order chi connectivity index (χ1) is 9.74. The van der Waals surface area contributed by atoms with E-state index in [1.165, 1.54) is 5.56 Å². The molecule has 0 aromatic heterocycles. The van der Waals surface area contributed by atoms with E-state index in [2.05, 4.69) is 30.3 Å². The zero-order chi connectivity index (χ0) is 13.9. The summed E-state index contributed by atoms with van der Waals surface area (Å²) < 4.78 is 0. The molecule has 2 fully saturated rings. The number of nitrogens with two attached hydrogens (primary N) is 1. The predicted molar refractivity (Wildman–Crippen MR) is 80.3 cm³/mol. The van der Waals surface area contributed by atoms with Gasteiger partial charge in [0, 0.05) is 25.0 Å². The molecule has 108 valence electrons. The van der Waals surface area contributed by atoms with Gasteiger partial charge in [0.1, 0.15) is 0 Å². The first-order valence-electron chi connectivity index (χ1n) is 7.83. The molecule has 3 nitrogen and oxygen atoms in total. The Balaban J connectivity index is 1.55. The van der Waals surface area contributed by atoms with Crippen LogP contribution in [0.15, 0.2) is 30.3 Å². The minimum Gasteiger partial charge on any atom is -0.341 e. The van der Waals surface area contributed by atoms with Gasteiger partial charge in [0.15, 0.2) is 0 Å². The van der Waals surface area contributed by atoms with Crippen LogP contribution in [0.25, 0.3) is 0 Å². The molecule has 0 radical (unpaired) electrons. The molecule has 0 unspecified atom stereocenters. The van der Waals surface area contributed by atoms with E-state index in [0.29, 0.717) is 11.8 Å². The van der Waals surface area contributed by atoms with Crippen LogP contribution in [-0.4, -0.2) is 29.9 Å². The maximum absolute atomic E-state index is 12.5. The molecular weight excluding hydrogens is 248 g/mol. The first-order valence-corrected chi connectivity index (χ1v) is 7.83. The first kappa shape index (κ1) is 13.6. The largest absolute Gasteiger partial charge is 0.341 e. The Hall–Kier alpha value is -1.35. The van der Waals surface area contributed by atoms with Crippen LogP contribution in [0.5, 0.6) is 0 Å². The molecular formula is C17H24N2O. The van der Waals surface area contributed by atoms with Crippen LogP contribution in [0.2, 0.25) is 0 Å². The average molecular weight is 272 g/mol. The van der Waals surface area contributed by atoms with Gasteiger partial charge in [0.2, 0.25) is 5.91 Å². The van der Waals surface area contributed by atoms with Gasteiger partial charge in [-0.2, -0.15) is 0 Å². The van der Waals surface area contributed by atoms with E-state index in [9.17, 15) is 4.79 Å². The molecule has 1 aromatic rings. The second-order valence-corrected chi connectivity index (χ2v) is 6.29. The highest BCUT2D eigenvalue weighted by molar-refractivity contribution is 5.79. The Morgan fingerprint density at radius 2 is 1.75 bits per heavy atom. The third-order valence-corrected chi connectivity index (χ3v) is 4.88. The van der Waals surface area contributed by atoms with E-state index in [0.717, 1.165) is 45.2 Å². The van der Waals surface area contributed by atoms with E-state index >= 15 is 0 Å². The van der Waals surface area contributed by atoms with Crippen LogP contribution in [0.1, 0.15) is 43.6 Å². The Morgan fingerprint density at radius 3 is 2.35 bits per heavy atom. The van der Waals surface area contributed by atoms with Gasteiger partial charge in [-0.3, -0.25) is 4.79 Å². The van der Waals surface area contributed by atoms with E-state index in [1.807, 2.05) is 4.90 Å². The summed E-state index contributed by atoms with van der Waals surface area (Å²) >= 11 is 0. The number of hydrogen-bond donors (Lipinski definition) is 1.